The maximum atomic E-state index is 6.76. The van der Waals surface area contributed by atoms with Crippen molar-refractivity contribution >= 4 is 8.53 Å². The molecule has 0 amide bonds. The summed E-state index contributed by atoms with van der Waals surface area (Å²) in [6.07, 6.45) is 0. The molecule has 3 heterocycles. The van der Waals surface area contributed by atoms with Crippen molar-refractivity contribution in [1.82, 2.24) is 5.09 Å². The van der Waals surface area contributed by atoms with Crippen LogP contribution in [0.1, 0.15) is 40.8 Å². The lowest BCUT2D eigenvalue weighted by Crippen LogP contribution is -2.38. The molecule has 0 bridgehead atoms. The first-order chi connectivity index (χ1) is 19.2. The first-order valence-electron chi connectivity index (χ1n) is 13.0. The topological polar surface area (TPSA) is 49.0 Å². The Morgan fingerprint density at radius 2 is 1.00 bits per heavy atom. The molecule has 3 aliphatic heterocycles. The number of rotatable bonds is 3. The van der Waals surface area contributed by atoms with E-state index in [1.54, 1.807) is 0 Å². The average Bonchev–Trinajstić information content (AvgIpc) is 2.97. The van der Waals surface area contributed by atoms with Gasteiger partial charge in [-0.25, -0.2) is 5.09 Å². The van der Waals surface area contributed by atoms with Gasteiger partial charge in [-0.05, 0) is 48.9 Å². The molecule has 3 aliphatic rings. The van der Waals surface area contributed by atoms with Gasteiger partial charge in [0.25, 0.3) is 0 Å². The zero-order chi connectivity index (χ0) is 26.0. The Bertz CT molecular complexity index is 1630. The Balaban J connectivity index is 1.41. The van der Waals surface area contributed by atoms with Crippen molar-refractivity contribution in [3.8, 4) is 34.5 Å². The zero-order valence-corrected chi connectivity index (χ0v) is 22.0. The van der Waals surface area contributed by atoms with E-state index in [0.717, 1.165) is 62.3 Å². The summed E-state index contributed by atoms with van der Waals surface area (Å²) in [7, 11) is -1.58. The predicted octanol–water partition coefficient (Wildman–Crippen LogP) is 8.63. The molecule has 0 unspecified atom stereocenters. The van der Waals surface area contributed by atoms with Crippen molar-refractivity contribution in [2.24, 2.45) is 0 Å². The van der Waals surface area contributed by atoms with Crippen LogP contribution in [0.4, 0.5) is 0 Å². The van der Waals surface area contributed by atoms with Crippen LogP contribution in [0.15, 0.2) is 115 Å². The molecule has 0 saturated heterocycles. The van der Waals surface area contributed by atoms with E-state index in [0.29, 0.717) is 0 Å². The van der Waals surface area contributed by atoms with Crippen LogP contribution in [0.3, 0.4) is 0 Å². The Hall–Kier alpha value is -4.31. The lowest BCUT2D eigenvalue weighted by molar-refractivity contribution is 0.370. The highest BCUT2D eigenvalue weighted by atomic mass is 31.2. The van der Waals surface area contributed by atoms with E-state index in [2.05, 4.69) is 48.4 Å². The highest BCUT2D eigenvalue weighted by molar-refractivity contribution is 7.45. The third-order valence-electron chi connectivity index (χ3n) is 7.71. The molecule has 1 atom stereocenters. The van der Waals surface area contributed by atoms with Gasteiger partial charge in [-0.1, -0.05) is 78.9 Å². The van der Waals surface area contributed by atoms with Crippen LogP contribution in [-0.2, 0) is 5.41 Å². The molecule has 1 N–H and O–H groups in total. The van der Waals surface area contributed by atoms with Gasteiger partial charge in [-0.2, -0.15) is 0 Å². The normalized spacial score (nSPS) is 16.2. The fourth-order valence-electron chi connectivity index (χ4n) is 6.08. The van der Waals surface area contributed by atoms with Crippen molar-refractivity contribution in [2.75, 3.05) is 0 Å². The summed E-state index contributed by atoms with van der Waals surface area (Å²) in [5.74, 6) is 4.57. The van der Waals surface area contributed by atoms with E-state index in [9.17, 15) is 0 Å². The fraction of sp³-hybridized carbons (Fsp3) is 0.0909. The van der Waals surface area contributed by atoms with Crippen LogP contribution in [-0.4, -0.2) is 0 Å². The number of para-hydroxylation sites is 2. The van der Waals surface area contributed by atoms with Gasteiger partial charge >= 0.3 is 8.53 Å². The molecular formula is C33H24NO4P. The molecule has 0 aliphatic carbocycles. The molecule has 8 rings (SSSR count). The van der Waals surface area contributed by atoms with Gasteiger partial charge in [0.1, 0.15) is 34.5 Å². The third-order valence-corrected chi connectivity index (χ3v) is 9.03. The second kappa shape index (κ2) is 8.60. The summed E-state index contributed by atoms with van der Waals surface area (Å²) in [4.78, 5) is 0. The van der Waals surface area contributed by atoms with Crippen LogP contribution >= 0.6 is 8.53 Å². The van der Waals surface area contributed by atoms with E-state index >= 15 is 0 Å². The predicted molar refractivity (Wildman–Crippen MR) is 151 cm³/mol. The summed E-state index contributed by atoms with van der Waals surface area (Å²) in [6, 6.07) is 38.8. The summed E-state index contributed by atoms with van der Waals surface area (Å²) >= 11 is 0. The van der Waals surface area contributed by atoms with Gasteiger partial charge in [0.05, 0.1) is 16.5 Å². The second-order valence-corrected chi connectivity index (χ2v) is 11.0. The number of benzene rings is 5. The second-order valence-electron chi connectivity index (χ2n) is 9.91. The molecule has 0 radical (unpaired) electrons. The molecule has 5 aromatic carbocycles. The number of ether oxygens (including phenoxy) is 2. The molecule has 6 heteroatoms. The van der Waals surface area contributed by atoms with E-state index in [1.165, 1.54) is 0 Å². The van der Waals surface area contributed by atoms with E-state index in [4.69, 9.17) is 18.5 Å². The van der Waals surface area contributed by atoms with E-state index < -0.39 is 13.9 Å². The number of hydrogen-bond acceptors (Lipinski definition) is 5. The van der Waals surface area contributed by atoms with Gasteiger partial charge in [0.15, 0.2) is 0 Å². The first-order valence-corrected chi connectivity index (χ1v) is 14.2. The molecule has 1 spiro atoms. The van der Waals surface area contributed by atoms with Gasteiger partial charge < -0.3 is 18.5 Å². The van der Waals surface area contributed by atoms with Crippen LogP contribution in [0.5, 0.6) is 34.5 Å². The van der Waals surface area contributed by atoms with Crippen molar-refractivity contribution in [1.29, 1.82) is 0 Å². The highest BCUT2D eigenvalue weighted by Gasteiger charge is 2.55. The molecule has 0 saturated carbocycles. The Labute approximate surface area is 227 Å². The summed E-state index contributed by atoms with van der Waals surface area (Å²) in [5, 5.41) is 3.60. The minimum Gasteiger partial charge on any atom is -0.457 e. The molecule has 0 fully saturated rings. The van der Waals surface area contributed by atoms with Crippen LogP contribution in [0.2, 0.25) is 0 Å². The monoisotopic (exact) mass is 529 g/mol. The van der Waals surface area contributed by atoms with Gasteiger partial charge in [0.2, 0.25) is 0 Å². The van der Waals surface area contributed by atoms with Crippen molar-refractivity contribution in [3.63, 3.8) is 0 Å². The Morgan fingerprint density at radius 1 is 0.538 bits per heavy atom. The molecule has 0 aromatic heterocycles. The smallest absolute Gasteiger partial charge is 0.382 e. The zero-order valence-electron chi connectivity index (χ0n) is 21.1. The lowest BCUT2D eigenvalue weighted by atomic mass is 9.62. The van der Waals surface area contributed by atoms with Crippen molar-refractivity contribution in [3.05, 3.63) is 143 Å². The average molecular weight is 530 g/mol. The summed E-state index contributed by atoms with van der Waals surface area (Å²) in [6.45, 7) is 2.12. The van der Waals surface area contributed by atoms with Gasteiger partial charge in [0, 0.05) is 17.2 Å². The Morgan fingerprint density at radius 3 is 1.56 bits per heavy atom. The maximum absolute atomic E-state index is 6.76. The lowest BCUT2D eigenvalue weighted by Gasteiger charge is -2.46. The molecule has 5 aromatic rings. The summed E-state index contributed by atoms with van der Waals surface area (Å²) in [5.41, 5.74) is 4.37. The minimum absolute atomic E-state index is 0.00882. The van der Waals surface area contributed by atoms with Crippen molar-refractivity contribution < 1.29 is 18.5 Å². The van der Waals surface area contributed by atoms with Crippen LogP contribution in [0, 0.1) is 0 Å². The molecule has 190 valence electrons. The minimum atomic E-state index is -1.58. The van der Waals surface area contributed by atoms with Crippen LogP contribution in [0.25, 0.3) is 0 Å². The SMILES string of the molecule is C[C@@H](NP1Oc2cccc3c2C2(c4ccccc4O3)c3ccccc3Oc3cccc(c32)O1)c1ccccc1. The first kappa shape index (κ1) is 22.7. The van der Waals surface area contributed by atoms with Crippen molar-refractivity contribution in [2.45, 2.75) is 18.4 Å². The highest BCUT2D eigenvalue weighted by Crippen LogP contribution is 2.67. The van der Waals surface area contributed by atoms with E-state index in [-0.39, 0.29) is 6.04 Å². The number of nitrogens with one attached hydrogen (secondary N) is 1. The molecule has 39 heavy (non-hydrogen) atoms. The third kappa shape index (κ3) is 3.27. The number of fused-ring (bicyclic) bond motifs is 2. The summed E-state index contributed by atoms with van der Waals surface area (Å²) < 4.78 is 26.6. The van der Waals surface area contributed by atoms with Gasteiger partial charge in [-0.3, -0.25) is 0 Å². The quantitative estimate of drug-likeness (QED) is 0.232. The van der Waals surface area contributed by atoms with Crippen LogP contribution < -0.4 is 23.6 Å². The van der Waals surface area contributed by atoms with E-state index in [1.807, 2.05) is 78.9 Å². The number of hydrogen-bond donors (Lipinski definition) is 1. The fourth-order valence-corrected chi connectivity index (χ4v) is 7.35. The Kier molecular flexibility index (Phi) is 5.00. The standard InChI is InChI=1S/C33H24NO4P/c1-21(22-11-3-2-4-12-22)34-39-37-29-19-9-17-27-31(29)33(23-13-5-7-15-25(23)35-27)24-14-6-8-16-26(24)36-28-18-10-20-30(38-39)32(28)33/h2-21,34H,1H3/t21-,33?/m1/s1. The van der Waals surface area contributed by atoms with Gasteiger partial charge in [-0.15, -0.1) is 0 Å². The largest absolute Gasteiger partial charge is 0.457 e. The molecular weight excluding hydrogens is 505 g/mol. The maximum Gasteiger partial charge on any atom is 0.382 e. The molecule has 5 nitrogen and oxygen atoms in total.